The zero-order chi connectivity index (χ0) is 34.1. The van der Waals surface area contributed by atoms with E-state index in [0.29, 0.717) is 29.7 Å². The van der Waals surface area contributed by atoms with Crippen molar-refractivity contribution in [2.75, 3.05) is 49.2 Å². The maximum Gasteiger partial charge on any atom is 0.350 e. The Bertz CT molecular complexity index is 1740. The predicted octanol–water partition coefficient (Wildman–Crippen LogP) is 7.72. The molecule has 48 heavy (non-hydrogen) atoms. The minimum absolute atomic E-state index is 0.0643. The van der Waals surface area contributed by atoms with Gasteiger partial charge in [-0.3, -0.25) is 0 Å². The van der Waals surface area contributed by atoms with Crippen molar-refractivity contribution < 1.29 is 14.2 Å². The highest BCUT2D eigenvalue weighted by atomic mass is 35.5. The lowest BCUT2D eigenvalue weighted by Gasteiger charge is -2.37. The SMILES string of the molecule is CCC(C)n1ncn(-c2ccc(N3CCN(c4ccc(OC[C@@H]5CO[C@@](CC(C)(C)C)(c6ccc(Cl)cc6Cl)O5)cc4)CC3)cc2)c1=O. The molecule has 0 saturated carbocycles. The molecule has 256 valence electrons. The van der Waals surface area contributed by atoms with Gasteiger partial charge >= 0.3 is 5.69 Å². The zero-order valence-electron chi connectivity index (χ0n) is 28.4. The number of nitrogens with zero attached hydrogens (tertiary/aromatic N) is 5. The van der Waals surface area contributed by atoms with Crippen LogP contribution in [0, 0.1) is 5.41 Å². The first-order chi connectivity index (χ1) is 22.9. The van der Waals surface area contributed by atoms with Crippen LogP contribution in [0.4, 0.5) is 11.4 Å². The third-order valence-electron chi connectivity index (χ3n) is 9.08. The van der Waals surface area contributed by atoms with Crippen molar-refractivity contribution in [1.29, 1.82) is 0 Å². The summed E-state index contributed by atoms with van der Waals surface area (Å²) in [6, 6.07) is 21.9. The van der Waals surface area contributed by atoms with E-state index in [1.54, 1.807) is 21.6 Å². The molecule has 0 radical (unpaired) electrons. The van der Waals surface area contributed by atoms with Gasteiger partial charge in [0, 0.05) is 54.6 Å². The van der Waals surface area contributed by atoms with Crippen molar-refractivity contribution >= 4 is 34.6 Å². The molecule has 6 rings (SSSR count). The number of halogens is 2. The standard InChI is InChI=1S/C37H45Cl2N5O4/c1-6-26(2)44-35(45)43(25-40-44)30-10-8-28(9-11-30)41-17-19-42(20-18-41)29-12-14-31(15-13-29)46-22-32-23-47-37(48-32,24-36(3,4)5)33-16-7-27(38)21-34(33)39/h7-16,21,25-26,32H,6,17-20,22-24H2,1-5H3/t26?,32-,37-/m1/s1. The molecule has 0 amide bonds. The summed E-state index contributed by atoms with van der Waals surface area (Å²) in [6.07, 6.45) is 2.85. The highest BCUT2D eigenvalue weighted by Crippen LogP contribution is 2.46. The summed E-state index contributed by atoms with van der Waals surface area (Å²) < 4.78 is 22.2. The summed E-state index contributed by atoms with van der Waals surface area (Å²) in [6.45, 7) is 14.9. The minimum atomic E-state index is -0.960. The molecule has 1 unspecified atom stereocenters. The van der Waals surface area contributed by atoms with Gasteiger partial charge in [0.25, 0.3) is 0 Å². The van der Waals surface area contributed by atoms with Crippen LogP contribution < -0.4 is 20.2 Å². The Hall–Kier alpha value is -3.50. The van der Waals surface area contributed by atoms with Gasteiger partial charge in [0.05, 0.1) is 23.4 Å². The molecule has 2 saturated heterocycles. The van der Waals surface area contributed by atoms with E-state index >= 15 is 0 Å². The van der Waals surface area contributed by atoms with Crippen LogP contribution in [0.3, 0.4) is 0 Å². The second-order valence-corrected chi connectivity index (χ2v) is 14.8. The van der Waals surface area contributed by atoms with Gasteiger partial charge in [0.1, 0.15) is 24.8 Å². The summed E-state index contributed by atoms with van der Waals surface area (Å²) in [5.41, 5.74) is 3.74. The number of ether oxygens (including phenoxy) is 3. The first-order valence-electron chi connectivity index (χ1n) is 16.7. The van der Waals surface area contributed by atoms with E-state index < -0.39 is 5.79 Å². The van der Waals surface area contributed by atoms with Crippen molar-refractivity contribution in [2.24, 2.45) is 5.41 Å². The molecule has 1 aromatic heterocycles. The number of anilines is 2. The lowest BCUT2D eigenvalue weighted by atomic mass is 9.84. The van der Waals surface area contributed by atoms with Crippen molar-refractivity contribution in [3.05, 3.63) is 99.2 Å². The zero-order valence-corrected chi connectivity index (χ0v) is 29.9. The third-order valence-corrected chi connectivity index (χ3v) is 9.62. The Morgan fingerprint density at radius 1 is 0.938 bits per heavy atom. The number of piperazine rings is 1. The van der Waals surface area contributed by atoms with Crippen LogP contribution in [0.25, 0.3) is 5.69 Å². The summed E-state index contributed by atoms with van der Waals surface area (Å²) in [7, 11) is 0. The van der Waals surface area contributed by atoms with E-state index in [-0.39, 0.29) is 23.3 Å². The van der Waals surface area contributed by atoms with Crippen LogP contribution in [0.1, 0.15) is 59.1 Å². The fraction of sp³-hybridized carbons (Fsp3) is 0.459. The van der Waals surface area contributed by atoms with E-state index in [9.17, 15) is 4.79 Å². The Kier molecular flexibility index (Phi) is 10.1. The molecule has 0 aliphatic carbocycles. The van der Waals surface area contributed by atoms with E-state index in [4.69, 9.17) is 37.4 Å². The highest BCUT2D eigenvalue weighted by molar-refractivity contribution is 6.35. The number of aromatic nitrogens is 3. The van der Waals surface area contributed by atoms with E-state index in [1.165, 1.54) is 0 Å². The smallest absolute Gasteiger partial charge is 0.350 e. The molecule has 4 aromatic rings. The van der Waals surface area contributed by atoms with Crippen LogP contribution >= 0.6 is 23.2 Å². The molecule has 9 nitrogen and oxygen atoms in total. The fourth-order valence-electron chi connectivity index (χ4n) is 6.43. The van der Waals surface area contributed by atoms with E-state index in [1.807, 2.05) is 43.3 Å². The van der Waals surface area contributed by atoms with Crippen molar-refractivity contribution in [1.82, 2.24) is 14.3 Å². The maximum absolute atomic E-state index is 12.8. The number of hydrogen-bond donors (Lipinski definition) is 0. The van der Waals surface area contributed by atoms with Crippen LogP contribution in [0.5, 0.6) is 5.75 Å². The Balaban J connectivity index is 1.02. The maximum atomic E-state index is 12.8. The Morgan fingerprint density at radius 3 is 2.12 bits per heavy atom. The van der Waals surface area contributed by atoms with Gasteiger partial charge < -0.3 is 24.0 Å². The first kappa shape index (κ1) is 34.4. The summed E-state index contributed by atoms with van der Waals surface area (Å²) in [5, 5.41) is 5.41. The Labute approximate surface area is 292 Å². The monoisotopic (exact) mass is 693 g/mol. The van der Waals surface area contributed by atoms with Crippen LogP contribution in [-0.4, -0.2) is 59.8 Å². The van der Waals surface area contributed by atoms with Gasteiger partial charge in [-0.1, -0.05) is 57.0 Å². The number of hydrogen-bond acceptors (Lipinski definition) is 7. The quantitative estimate of drug-likeness (QED) is 0.168. The average Bonchev–Trinajstić information content (AvgIpc) is 3.66. The van der Waals surface area contributed by atoms with Crippen LogP contribution in [-0.2, 0) is 15.3 Å². The topological polar surface area (TPSA) is 74.0 Å². The molecule has 11 heteroatoms. The number of rotatable bonds is 10. The van der Waals surface area contributed by atoms with Crippen molar-refractivity contribution in [3.63, 3.8) is 0 Å². The molecular formula is C37H45Cl2N5O4. The highest BCUT2D eigenvalue weighted by Gasteiger charge is 2.47. The van der Waals surface area contributed by atoms with Gasteiger partial charge in [-0.25, -0.2) is 14.0 Å². The molecule has 3 heterocycles. The van der Waals surface area contributed by atoms with Gasteiger partial charge in [0.2, 0.25) is 0 Å². The third kappa shape index (κ3) is 7.54. The molecule has 2 fully saturated rings. The van der Waals surface area contributed by atoms with Crippen molar-refractivity contribution in [3.8, 4) is 11.4 Å². The molecule has 0 bridgehead atoms. The van der Waals surface area contributed by atoms with Gasteiger partial charge in [-0.2, -0.15) is 5.10 Å². The van der Waals surface area contributed by atoms with Gasteiger partial charge in [-0.15, -0.1) is 0 Å². The van der Waals surface area contributed by atoms with Crippen LogP contribution in [0.2, 0.25) is 10.0 Å². The molecule has 3 aromatic carbocycles. The summed E-state index contributed by atoms with van der Waals surface area (Å²) >= 11 is 12.8. The Morgan fingerprint density at radius 2 is 1.54 bits per heavy atom. The molecule has 2 aliphatic rings. The second kappa shape index (κ2) is 14.2. The average molecular weight is 695 g/mol. The second-order valence-electron chi connectivity index (χ2n) is 13.9. The molecule has 0 N–H and O–H groups in total. The van der Waals surface area contributed by atoms with Crippen molar-refractivity contribution in [2.45, 2.75) is 65.4 Å². The lowest BCUT2D eigenvalue weighted by molar-refractivity contribution is -0.198. The molecule has 3 atom stereocenters. The molecular weight excluding hydrogens is 649 g/mol. The fourth-order valence-corrected chi connectivity index (χ4v) is 6.98. The summed E-state index contributed by atoms with van der Waals surface area (Å²) in [4.78, 5) is 17.6. The van der Waals surface area contributed by atoms with Gasteiger partial charge in [-0.05, 0) is 79.4 Å². The molecule has 0 spiro atoms. The number of benzene rings is 3. The largest absolute Gasteiger partial charge is 0.491 e. The molecule has 2 aliphatic heterocycles. The predicted molar refractivity (Wildman–Crippen MR) is 192 cm³/mol. The van der Waals surface area contributed by atoms with Crippen LogP contribution in [0.15, 0.2) is 77.9 Å². The van der Waals surface area contributed by atoms with Gasteiger partial charge in [0.15, 0.2) is 5.79 Å². The normalized spacial score (nSPS) is 20.7. The van der Waals surface area contributed by atoms with E-state index in [2.05, 4.69) is 66.9 Å². The first-order valence-corrected chi connectivity index (χ1v) is 17.5. The summed E-state index contributed by atoms with van der Waals surface area (Å²) in [5.74, 6) is -0.175. The lowest BCUT2D eigenvalue weighted by Crippen LogP contribution is -2.46. The van der Waals surface area contributed by atoms with E-state index in [0.717, 1.165) is 61.0 Å². The minimum Gasteiger partial charge on any atom is -0.491 e.